The lowest BCUT2D eigenvalue weighted by atomic mass is 10.2. The number of aromatic nitrogens is 4. The van der Waals surface area contributed by atoms with Gasteiger partial charge in [0.1, 0.15) is 10.9 Å². The molecule has 2 heterocycles. The quantitative estimate of drug-likeness (QED) is 0.390. The highest BCUT2D eigenvalue weighted by molar-refractivity contribution is 7.98. The van der Waals surface area contributed by atoms with Crippen LogP contribution in [0.25, 0.3) is 22.3 Å². The van der Waals surface area contributed by atoms with E-state index in [9.17, 15) is 0 Å². The fraction of sp³-hybridized carbons (Fsp3) is 0.105. The predicted octanol–water partition coefficient (Wildman–Crippen LogP) is 4.97. The van der Waals surface area contributed by atoms with E-state index in [-0.39, 0.29) is 0 Å². The number of H-pyrrole nitrogens is 1. The summed E-state index contributed by atoms with van der Waals surface area (Å²) in [6.07, 6.45) is 0. The summed E-state index contributed by atoms with van der Waals surface area (Å²) in [6, 6.07) is 17.7. The number of pyridine rings is 1. The highest BCUT2D eigenvalue weighted by Crippen LogP contribution is 2.28. The van der Waals surface area contributed by atoms with Crippen LogP contribution in [-0.2, 0) is 5.75 Å². The molecule has 1 N–H and O–H groups in total. The van der Waals surface area contributed by atoms with Crippen LogP contribution in [0, 0.1) is 0 Å². The van der Waals surface area contributed by atoms with Gasteiger partial charge in [0.05, 0.1) is 12.6 Å². The van der Waals surface area contributed by atoms with Crippen molar-refractivity contribution in [2.45, 2.75) is 10.9 Å². The van der Waals surface area contributed by atoms with Crippen LogP contribution < -0.4 is 4.74 Å². The second-order valence-corrected chi connectivity index (χ2v) is 6.92. The molecular weight excluding hydrogens is 368 g/mol. The Bertz CT molecular complexity index is 1050. The van der Waals surface area contributed by atoms with E-state index < -0.39 is 0 Å². The molecular formula is C19H15ClN4OS. The molecule has 4 rings (SSSR count). The van der Waals surface area contributed by atoms with Crippen molar-refractivity contribution in [2.24, 2.45) is 0 Å². The van der Waals surface area contributed by atoms with Gasteiger partial charge in [0.25, 0.3) is 0 Å². The normalized spacial score (nSPS) is 11.0. The number of rotatable bonds is 5. The Morgan fingerprint density at radius 1 is 1.08 bits per heavy atom. The van der Waals surface area contributed by atoms with Crippen LogP contribution in [0.3, 0.4) is 0 Å². The lowest BCUT2D eigenvalue weighted by Crippen LogP contribution is -1.89. The number of benzene rings is 2. The number of hydrogen-bond donors (Lipinski definition) is 1. The molecule has 2 aromatic carbocycles. The smallest absolute Gasteiger partial charge is 0.209 e. The van der Waals surface area contributed by atoms with Crippen LogP contribution in [0.4, 0.5) is 0 Å². The summed E-state index contributed by atoms with van der Waals surface area (Å²) in [6.45, 7) is 0. The first-order valence-corrected chi connectivity index (χ1v) is 9.33. The zero-order valence-corrected chi connectivity index (χ0v) is 15.5. The van der Waals surface area contributed by atoms with Gasteiger partial charge in [0, 0.05) is 22.3 Å². The topological polar surface area (TPSA) is 63.7 Å². The summed E-state index contributed by atoms with van der Waals surface area (Å²) in [5, 5.41) is 9.50. The van der Waals surface area contributed by atoms with E-state index in [0.29, 0.717) is 16.1 Å². The fourth-order valence-electron chi connectivity index (χ4n) is 2.57. The largest absolute Gasteiger partial charge is 0.497 e. The molecule has 0 atom stereocenters. The minimum Gasteiger partial charge on any atom is -0.497 e. The SMILES string of the molecule is COc1ccc(-c2nc(SCc3cc4ccccc4nc3Cl)n[nH]2)cc1. The van der Waals surface area contributed by atoms with Crippen molar-refractivity contribution in [3.05, 3.63) is 65.3 Å². The molecule has 0 bridgehead atoms. The second kappa shape index (κ2) is 7.35. The van der Waals surface area contributed by atoms with Gasteiger partial charge in [0.15, 0.2) is 5.82 Å². The summed E-state index contributed by atoms with van der Waals surface area (Å²) in [4.78, 5) is 8.98. The Hall–Kier alpha value is -2.57. The Balaban J connectivity index is 1.50. The Kier molecular flexibility index (Phi) is 4.77. The number of para-hydroxylation sites is 1. The zero-order chi connectivity index (χ0) is 17.9. The van der Waals surface area contributed by atoms with Crippen molar-refractivity contribution in [3.63, 3.8) is 0 Å². The fourth-order valence-corrected chi connectivity index (χ4v) is 3.63. The summed E-state index contributed by atoms with van der Waals surface area (Å²) in [5.74, 6) is 2.18. The molecule has 0 radical (unpaired) electrons. The summed E-state index contributed by atoms with van der Waals surface area (Å²) in [5.41, 5.74) is 2.81. The molecule has 0 amide bonds. The van der Waals surface area contributed by atoms with E-state index in [1.54, 1.807) is 7.11 Å². The third-order valence-electron chi connectivity index (χ3n) is 3.94. The first kappa shape index (κ1) is 16.9. The molecule has 0 fully saturated rings. The summed E-state index contributed by atoms with van der Waals surface area (Å²) >= 11 is 7.83. The number of methoxy groups -OCH3 is 1. The average molecular weight is 383 g/mol. The number of fused-ring (bicyclic) bond motifs is 1. The van der Waals surface area contributed by atoms with E-state index in [1.165, 1.54) is 11.8 Å². The molecule has 0 aliphatic rings. The monoisotopic (exact) mass is 382 g/mol. The molecule has 130 valence electrons. The van der Waals surface area contributed by atoms with Crippen molar-refractivity contribution in [1.82, 2.24) is 20.2 Å². The van der Waals surface area contributed by atoms with E-state index in [1.807, 2.05) is 48.5 Å². The number of ether oxygens (including phenoxy) is 1. The van der Waals surface area contributed by atoms with Gasteiger partial charge >= 0.3 is 0 Å². The molecule has 0 aliphatic heterocycles. The van der Waals surface area contributed by atoms with Gasteiger partial charge in [-0.2, -0.15) is 0 Å². The van der Waals surface area contributed by atoms with Gasteiger partial charge in [-0.25, -0.2) is 9.97 Å². The first-order valence-electron chi connectivity index (χ1n) is 7.97. The standard InChI is InChI=1S/C19H15ClN4OS/c1-25-15-8-6-12(7-9-15)18-22-19(24-23-18)26-11-14-10-13-4-2-3-5-16(13)21-17(14)20/h2-10H,11H2,1H3,(H,22,23,24). The lowest BCUT2D eigenvalue weighted by Gasteiger charge is -2.04. The molecule has 0 spiro atoms. The molecule has 26 heavy (non-hydrogen) atoms. The number of thioether (sulfide) groups is 1. The van der Waals surface area contributed by atoms with Crippen molar-refractivity contribution >= 4 is 34.3 Å². The minimum absolute atomic E-state index is 0.516. The van der Waals surface area contributed by atoms with Gasteiger partial charge in [-0.1, -0.05) is 41.6 Å². The molecule has 7 heteroatoms. The van der Waals surface area contributed by atoms with E-state index >= 15 is 0 Å². The zero-order valence-electron chi connectivity index (χ0n) is 13.9. The summed E-state index contributed by atoms with van der Waals surface area (Å²) in [7, 11) is 1.64. The third kappa shape index (κ3) is 3.52. The number of nitrogens with one attached hydrogen (secondary N) is 1. The minimum atomic E-state index is 0.516. The van der Waals surface area contributed by atoms with Crippen molar-refractivity contribution in [1.29, 1.82) is 0 Å². The van der Waals surface area contributed by atoms with Crippen LogP contribution in [-0.4, -0.2) is 27.3 Å². The van der Waals surface area contributed by atoms with Gasteiger partial charge in [-0.3, -0.25) is 5.10 Å². The maximum Gasteiger partial charge on any atom is 0.209 e. The van der Waals surface area contributed by atoms with Gasteiger partial charge < -0.3 is 4.74 Å². The molecule has 5 nitrogen and oxygen atoms in total. The third-order valence-corrected chi connectivity index (χ3v) is 5.16. The number of halogens is 1. The van der Waals surface area contributed by atoms with Crippen molar-refractivity contribution in [3.8, 4) is 17.1 Å². The number of hydrogen-bond acceptors (Lipinski definition) is 5. The van der Waals surface area contributed by atoms with Crippen LogP contribution >= 0.6 is 23.4 Å². The predicted molar refractivity (Wildman–Crippen MR) is 105 cm³/mol. The van der Waals surface area contributed by atoms with Crippen LogP contribution in [0.1, 0.15) is 5.56 Å². The van der Waals surface area contributed by atoms with Crippen molar-refractivity contribution in [2.75, 3.05) is 7.11 Å². The van der Waals surface area contributed by atoms with Gasteiger partial charge in [-0.15, -0.1) is 5.10 Å². The maximum atomic E-state index is 6.31. The summed E-state index contributed by atoms with van der Waals surface area (Å²) < 4.78 is 5.17. The average Bonchev–Trinajstić information content (AvgIpc) is 3.15. The number of aromatic amines is 1. The Labute approximate surface area is 159 Å². The first-order chi connectivity index (χ1) is 12.7. The van der Waals surface area contributed by atoms with E-state index in [4.69, 9.17) is 16.3 Å². The molecule has 0 saturated carbocycles. The van der Waals surface area contributed by atoms with E-state index in [0.717, 1.165) is 33.6 Å². The van der Waals surface area contributed by atoms with Crippen LogP contribution in [0.5, 0.6) is 5.75 Å². The van der Waals surface area contributed by atoms with Crippen LogP contribution in [0.15, 0.2) is 59.8 Å². The van der Waals surface area contributed by atoms with Gasteiger partial charge in [0.2, 0.25) is 5.16 Å². The second-order valence-electron chi connectivity index (χ2n) is 5.61. The molecule has 0 aliphatic carbocycles. The van der Waals surface area contributed by atoms with Crippen LogP contribution in [0.2, 0.25) is 5.15 Å². The van der Waals surface area contributed by atoms with E-state index in [2.05, 4.69) is 26.2 Å². The molecule has 4 aromatic rings. The lowest BCUT2D eigenvalue weighted by molar-refractivity contribution is 0.415. The molecule has 0 unspecified atom stereocenters. The van der Waals surface area contributed by atoms with Crippen molar-refractivity contribution < 1.29 is 4.74 Å². The number of nitrogens with zero attached hydrogens (tertiary/aromatic N) is 3. The highest BCUT2D eigenvalue weighted by atomic mass is 35.5. The Morgan fingerprint density at radius 3 is 2.69 bits per heavy atom. The molecule has 0 saturated heterocycles. The Morgan fingerprint density at radius 2 is 1.88 bits per heavy atom. The molecule has 2 aromatic heterocycles. The van der Waals surface area contributed by atoms with Gasteiger partial charge in [-0.05, 0) is 36.4 Å². The maximum absolute atomic E-state index is 6.31. The highest BCUT2D eigenvalue weighted by Gasteiger charge is 2.10.